The molecule has 0 atom stereocenters. The third kappa shape index (κ3) is 4.66. The average Bonchev–Trinajstić information content (AvgIpc) is 2.72. The Balaban J connectivity index is 1.76. The summed E-state index contributed by atoms with van der Waals surface area (Å²) in [6, 6.07) is 13.2. The van der Waals surface area contributed by atoms with Gasteiger partial charge in [-0.2, -0.15) is 0 Å². The van der Waals surface area contributed by atoms with Crippen molar-refractivity contribution in [2.75, 3.05) is 19.5 Å². The summed E-state index contributed by atoms with van der Waals surface area (Å²) in [5.41, 5.74) is 0.912. The van der Waals surface area contributed by atoms with Gasteiger partial charge in [0, 0.05) is 33.9 Å². The van der Waals surface area contributed by atoms with Crippen LogP contribution in [0.3, 0.4) is 0 Å². The van der Waals surface area contributed by atoms with Crippen molar-refractivity contribution in [3.05, 3.63) is 63.0 Å². The number of halogens is 1. The van der Waals surface area contributed by atoms with Gasteiger partial charge in [0.25, 0.3) is 5.56 Å². The van der Waals surface area contributed by atoms with E-state index in [9.17, 15) is 4.79 Å². The Morgan fingerprint density at radius 3 is 2.46 bits per heavy atom. The monoisotopic (exact) mass is 462 g/mol. The van der Waals surface area contributed by atoms with Crippen LogP contribution in [0.4, 0.5) is 11.6 Å². The Bertz CT molecular complexity index is 1020. The van der Waals surface area contributed by atoms with Crippen molar-refractivity contribution >= 4 is 39.3 Å². The molecule has 3 aromatic rings. The van der Waals surface area contributed by atoms with Crippen molar-refractivity contribution in [3.8, 4) is 11.5 Å². The summed E-state index contributed by atoms with van der Waals surface area (Å²) in [4.78, 5) is 13.7. The van der Waals surface area contributed by atoms with E-state index in [0.717, 1.165) is 9.37 Å². The molecule has 146 valence electrons. The number of nitrogens with zero attached hydrogens (tertiary/aromatic N) is 3. The van der Waals surface area contributed by atoms with Crippen molar-refractivity contribution in [1.82, 2.24) is 14.8 Å². The summed E-state index contributed by atoms with van der Waals surface area (Å²) in [6.45, 7) is 0. The van der Waals surface area contributed by atoms with Gasteiger partial charge < -0.3 is 14.8 Å². The molecule has 0 unspecified atom stereocenters. The average molecular weight is 463 g/mol. The van der Waals surface area contributed by atoms with Gasteiger partial charge in [-0.1, -0.05) is 15.9 Å². The molecule has 0 amide bonds. The normalized spacial score (nSPS) is 10.6. The highest BCUT2D eigenvalue weighted by Gasteiger charge is 2.11. The molecule has 0 bridgehead atoms. The third-order valence-electron chi connectivity index (χ3n) is 3.96. The highest BCUT2D eigenvalue weighted by atomic mass is 79.9. The Hall–Kier alpha value is -2.52. The van der Waals surface area contributed by atoms with Crippen LogP contribution >= 0.6 is 27.7 Å². The van der Waals surface area contributed by atoms with E-state index in [4.69, 9.17) is 9.47 Å². The minimum Gasteiger partial charge on any atom is -0.493 e. The molecule has 0 aliphatic heterocycles. The van der Waals surface area contributed by atoms with Gasteiger partial charge in [-0.25, -0.2) is 0 Å². The lowest BCUT2D eigenvalue weighted by Gasteiger charge is -2.13. The quantitative estimate of drug-likeness (QED) is 0.531. The Morgan fingerprint density at radius 1 is 1.07 bits per heavy atom. The van der Waals surface area contributed by atoms with Gasteiger partial charge in [-0.05, 0) is 36.4 Å². The molecule has 3 rings (SSSR count). The minimum absolute atomic E-state index is 0.192. The largest absolute Gasteiger partial charge is 0.493 e. The van der Waals surface area contributed by atoms with Crippen LogP contribution in [-0.2, 0) is 12.8 Å². The van der Waals surface area contributed by atoms with Crippen LogP contribution in [0.5, 0.6) is 11.5 Å². The minimum atomic E-state index is -0.192. The van der Waals surface area contributed by atoms with Gasteiger partial charge in [0.15, 0.2) is 11.5 Å². The maximum Gasteiger partial charge on any atom is 0.277 e. The number of nitrogens with one attached hydrogen (secondary N) is 1. The van der Waals surface area contributed by atoms with E-state index in [1.165, 1.54) is 16.3 Å². The van der Waals surface area contributed by atoms with Gasteiger partial charge in [0.2, 0.25) is 5.95 Å². The SMILES string of the molecule is COc1ccc(Nc2nnc(CSc3ccc(Br)cc3)c(=O)n2C)cc1OC. The Morgan fingerprint density at radius 2 is 1.79 bits per heavy atom. The molecular weight excluding hydrogens is 444 g/mol. The zero-order valence-electron chi connectivity index (χ0n) is 15.6. The van der Waals surface area contributed by atoms with Crippen LogP contribution in [-0.4, -0.2) is 29.0 Å². The predicted octanol–water partition coefficient (Wildman–Crippen LogP) is 3.99. The lowest BCUT2D eigenvalue weighted by molar-refractivity contribution is 0.355. The standard InChI is InChI=1S/C19H19BrN4O3S/c1-24-18(25)15(11-28-14-7-4-12(20)5-8-14)22-23-19(24)21-13-6-9-16(26-2)17(10-13)27-3/h4-10H,11H2,1-3H3,(H,21,23). The van der Waals surface area contributed by atoms with Gasteiger partial charge in [0.1, 0.15) is 5.69 Å². The number of benzene rings is 2. The van der Waals surface area contributed by atoms with E-state index in [1.807, 2.05) is 30.3 Å². The summed E-state index contributed by atoms with van der Waals surface area (Å²) in [5, 5.41) is 11.4. The number of hydrogen-bond donors (Lipinski definition) is 1. The highest BCUT2D eigenvalue weighted by Crippen LogP contribution is 2.30. The Labute approximate surface area is 175 Å². The zero-order valence-corrected chi connectivity index (χ0v) is 18.0. The number of methoxy groups -OCH3 is 2. The molecule has 0 saturated carbocycles. The molecular formula is C19H19BrN4O3S. The lowest BCUT2D eigenvalue weighted by Crippen LogP contribution is -2.26. The number of aromatic nitrogens is 3. The number of anilines is 2. The van der Waals surface area contributed by atoms with Crippen LogP contribution in [0.15, 0.2) is 56.6 Å². The fourth-order valence-corrected chi connectivity index (χ4v) is 3.51. The van der Waals surface area contributed by atoms with Crippen molar-refractivity contribution in [2.24, 2.45) is 7.05 Å². The Kier molecular flexibility index (Phi) is 6.58. The van der Waals surface area contributed by atoms with Gasteiger partial charge in [-0.15, -0.1) is 22.0 Å². The first-order chi connectivity index (χ1) is 13.5. The smallest absolute Gasteiger partial charge is 0.277 e. The molecule has 0 aliphatic carbocycles. The molecule has 0 saturated heterocycles. The molecule has 2 aromatic carbocycles. The van der Waals surface area contributed by atoms with E-state index in [2.05, 4.69) is 31.4 Å². The van der Waals surface area contributed by atoms with E-state index >= 15 is 0 Å². The fourth-order valence-electron chi connectivity index (χ4n) is 2.43. The summed E-state index contributed by atoms with van der Waals surface area (Å²) < 4.78 is 13.0. The maximum atomic E-state index is 12.6. The van der Waals surface area contributed by atoms with Crippen LogP contribution < -0.4 is 20.3 Å². The van der Waals surface area contributed by atoms with Gasteiger partial charge >= 0.3 is 0 Å². The van der Waals surface area contributed by atoms with Gasteiger partial charge in [-0.3, -0.25) is 9.36 Å². The summed E-state index contributed by atoms with van der Waals surface area (Å²) >= 11 is 4.94. The lowest BCUT2D eigenvalue weighted by atomic mass is 10.3. The molecule has 0 radical (unpaired) electrons. The van der Waals surface area contributed by atoms with E-state index in [-0.39, 0.29) is 5.56 Å². The number of hydrogen-bond acceptors (Lipinski definition) is 7. The molecule has 28 heavy (non-hydrogen) atoms. The third-order valence-corrected chi connectivity index (χ3v) is 5.52. The first-order valence-corrected chi connectivity index (χ1v) is 10.1. The van der Waals surface area contributed by atoms with Crippen molar-refractivity contribution in [3.63, 3.8) is 0 Å². The van der Waals surface area contributed by atoms with Crippen molar-refractivity contribution in [1.29, 1.82) is 0 Å². The number of rotatable bonds is 7. The molecule has 9 heteroatoms. The molecule has 1 heterocycles. The number of ether oxygens (including phenoxy) is 2. The number of thioether (sulfide) groups is 1. The second-order valence-corrected chi connectivity index (χ2v) is 7.74. The topological polar surface area (TPSA) is 78.3 Å². The maximum absolute atomic E-state index is 12.6. The molecule has 1 aromatic heterocycles. The first-order valence-electron chi connectivity index (χ1n) is 8.32. The van der Waals surface area contributed by atoms with Crippen molar-refractivity contribution in [2.45, 2.75) is 10.6 Å². The van der Waals surface area contributed by atoms with E-state index in [0.29, 0.717) is 34.6 Å². The summed E-state index contributed by atoms with van der Waals surface area (Å²) in [5.74, 6) is 1.98. The summed E-state index contributed by atoms with van der Waals surface area (Å²) in [7, 11) is 4.80. The second-order valence-electron chi connectivity index (χ2n) is 5.77. The molecule has 1 N–H and O–H groups in total. The van der Waals surface area contributed by atoms with E-state index < -0.39 is 0 Å². The highest BCUT2D eigenvalue weighted by molar-refractivity contribution is 9.10. The summed E-state index contributed by atoms with van der Waals surface area (Å²) in [6.07, 6.45) is 0. The van der Waals surface area contributed by atoms with Crippen molar-refractivity contribution < 1.29 is 9.47 Å². The molecule has 0 spiro atoms. The second kappa shape index (κ2) is 9.11. The fraction of sp³-hybridized carbons (Fsp3) is 0.211. The molecule has 0 fully saturated rings. The van der Waals surface area contributed by atoms with Crippen LogP contribution in [0.1, 0.15) is 5.69 Å². The van der Waals surface area contributed by atoms with Crippen LogP contribution in [0, 0.1) is 0 Å². The van der Waals surface area contributed by atoms with Crippen LogP contribution in [0.2, 0.25) is 0 Å². The first kappa shape index (κ1) is 20.2. The van der Waals surface area contributed by atoms with Crippen LogP contribution in [0.25, 0.3) is 0 Å². The molecule has 0 aliphatic rings. The molecule has 7 nitrogen and oxygen atoms in total. The predicted molar refractivity (Wildman–Crippen MR) is 114 cm³/mol. The zero-order chi connectivity index (χ0) is 20.1. The van der Waals surface area contributed by atoms with E-state index in [1.54, 1.807) is 33.4 Å². The van der Waals surface area contributed by atoms with Gasteiger partial charge in [0.05, 0.1) is 14.2 Å².